The molecule has 1 unspecified atom stereocenters. The maximum absolute atomic E-state index is 12.2. The number of carbonyl (C=O) groups excluding carboxylic acids is 1. The second-order valence-corrected chi connectivity index (χ2v) is 5.03. The minimum absolute atomic E-state index is 0.0128. The van der Waals surface area contributed by atoms with E-state index >= 15 is 0 Å². The zero-order valence-corrected chi connectivity index (χ0v) is 11.4. The highest BCUT2D eigenvalue weighted by atomic mass is 35.5. The van der Waals surface area contributed by atoms with Crippen molar-refractivity contribution in [3.63, 3.8) is 0 Å². The van der Waals surface area contributed by atoms with Gasteiger partial charge in [0.15, 0.2) is 0 Å². The molecule has 0 aliphatic carbocycles. The third-order valence-electron chi connectivity index (χ3n) is 3.50. The number of likely N-dealkylation sites (N-methyl/N-ethyl adjacent to an activating group) is 1. The number of benzene rings is 1. The largest absolute Gasteiger partial charge is 0.330 e. The average molecular weight is 268 g/mol. The Morgan fingerprint density at radius 2 is 2.22 bits per heavy atom. The molecule has 98 valence electrons. The molecule has 0 saturated carbocycles. The molecule has 2 N–H and O–H groups in total. The maximum Gasteiger partial charge on any atom is 0.324 e. The number of halogens is 1. The van der Waals surface area contributed by atoms with Crippen molar-refractivity contribution in [1.82, 2.24) is 4.90 Å². The first-order valence-electron chi connectivity index (χ1n) is 6.05. The van der Waals surface area contributed by atoms with Crippen LogP contribution in [0.4, 0.5) is 10.5 Å². The predicted molar refractivity (Wildman–Crippen MR) is 74.2 cm³/mol. The monoisotopic (exact) mass is 267 g/mol. The van der Waals surface area contributed by atoms with Gasteiger partial charge in [-0.25, -0.2) is 4.79 Å². The summed E-state index contributed by atoms with van der Waals surface area (Å²) < 4.78 is 0. The Kier molecular flexibility index (Phi) is 3.78. The molecule has 18 heavy (non-hydrogen) atoms. The van der Waals surface area contributed by atoms with E-state index in [0.29, 0.717) is 18.1 Å². The van der Waals surface area contributed by atoms with E-state index in [-0.39, 0.29) is 12.1 Å². The van der Waals surface area contributed by atoms with E-state index in [1.807, 2.05) is 32.2 Å². The Bertz CT molecular complexity index is 464. The summed E-state index contributed by atoms with van der Waals surface area (Å²) in [5.74, 6) is 0. The van der Waals surface area contributed by atoms with Gasteiger partial charge in [-0.2, -0.15) is 0 Å². The lowest BCUT2D eigenvalue weighted by Gasteiger charge is -2.18. The number of amides is 2. The molecular weight excluding hydrogens is 250 g/mol. The maximum atomic E-state index is 12.2. The van der Waals surface area contributed by atoms with E-state index in [0.717, 1.165) is 17.7 Å². The van der Waals surface area contributed by atoms with Crippen molar-refractivity contribution >= 4 is 23.3 Å². The molecule has 1 heterocycles. The summed E-state index contributed by atoms with van der Waals surface area (Å²) in [6, 6.07) is 5.83. The number of hydrogen-bond donors (Lipinski definition) is 1. The van der Waals surface area contributed by atoms with E-state index in [9.17, 15) is 4.79 Å². The zero-order valence-electron chi connectivity index (χ0n) is 10.7. The fourth-order valence-electron chi connectivity index (χ4n) is 2.33. The lowest BCUT2D eigenvalue weighted by molar-refractivity contribution is 0.217. The van der Waals surface area contributed by atoms with Crippen molar-refractivity contribution in [2.45, 2.75) is 19.4 Å². The van der Waals surface area contributed by atoms with Gasteiger partial charge >= 0.3 is 6.03 Å². The number of urea groups is 1. The highest BCUT2D eigenvalue weighted by Crippen LogP contribution is 2.30. The SMILES string of the molecule is Cc1c(Cl)cccc1N1CC(CCN)N(C)C1=O. The van der Waals surface area contributed by atoms with Crippen molar-refractivity contribution in [3.05, 3.63) is 28.8 Å². The molecule has 0 spiro atoms. The van der Waals surface area contributed by atoms with Gasteiger partial charge in [-0.05, 0) is 37.6 Å². The molecule has 1 saturated heterocycles. The summed E-state index contributed by atoms with van der Waals surface area (Å²) >= 11 is 6.10. The van der Waals surface area contributed by atoms with Gasteiger partial charge in [-0.3, -0.25) is 4.90 Å². The standard InChI is InChI=1S/C13H18ClN3O/c1-9-11(14)4-3-5-12(9)17-8-10(6-7-15)16(2)13(17)18/h3-5,10H,6-8,15H2,1-2H3. The molecule has 2 rings (SSSR count). The molecule has 1 aliphatic heterocycles. The smallest absolute Gasteiger partial charge is 0.324 e. The first-order valence-corrected chi connectivity index (χ1v) is 6.43. The lowest BCUT2D eigenvalue weighted by atomic mass is 10.1. The number of nitrogens with two attached hydrogens (primary N) is 1. The summed E-state index contributed by atoms with van der Waals surface area (Å²) in [4.78, 5) is 15.8. The molecule has 1 aromatic carbocycles. The van der Waals surface area contributed by atoms with E-state index < -0.39 is 0 Å². The molecule has 4 nitrogen and oxygen atoms in total. The van der Waals surface area contributed by atoms with Crippen molar-refractivity contribution < 1.29 is 4.79 Å². The van der Waals surface area contributed by atoms with Crippen molar-refractivity contribution in [3.8, 4) is 0 Å². The Morgan fingerprint density at radius 3 is 2.89 bits per heavy atom. The topological polar surface area (TPSA) is 49.6 Å². The molecule has 0 radical (unpaired) electrons. The molecule has 0 bridgehead atoms. The minimum Gasteiger partial charge on any atom is -0.330 e. The molecule has 1 atom stereocenters. The van der Waals surface area contributed by atoms with Crippen LogP contribution in [0.3, 0.4) is 0 Å². The summed E-state index contributed by atoms with van der Waals surface area (Å²) in [7, 11) is 1.82. The van der Waals surface area contributed by atoms with Crippen molar-refractivity contribution in [1.29, 1.82) is 0 Å². The number of rotatable bonds is 3. The Morgan fingerprint density at radius 1 is 1.50 bits per heavy atom. The van der Waals surface area contributed by atoms with Crippen LogP contribution in [0, 0.1) is 6.92 Å². The van der Waals surface area contributed by atoms with Gasteiger partial charge < -0.3 is 10.6 Å². The summed E-state index contributed by atoms with van der Waals surface area (Å²) in [5.41, 5.74) is 7.40. The molecular formula is C13H18ClN3O. The number of anilines is 1. The highest BCUT2D eigenvalue weighted by molar-refractivity contribution is 6.31. The third-order valence-corrected chi connectivity index (χ3v) is 3.91. The number of carbonyl (C=O) groups is 1. The van der Waals surface area contributed by atoms with Gasteiger partial charge in [-0.1, -0.05) is 17.7 Å². The van der Waals surface area contributed by atoms with Crippen LogP contribution in [0.2, 0.25) is 5.02 Å². The van der Waals surface area contributed by atoms with Crippen LogP contribution in [0.5, 0.6) is 0 Å². The van der Waals surface area contributed by atoms with Gasteiger partial charge in [0.05, 0.1) is 6.04 Å². The van der Waals surface area contributed by atoms with Crippen molar-refractivity contribution in [2.24, 2.45) is 5.73 Å². The van der Waals surface area contributed by atoms with E-state index in [1.165, 1.54) is 0 Å². The fraction of sp³-hybridized carbons (Fsp3) is 0.462. The van der Waals surface area contributed by atoms with Crippen LogP contribution in [-0.2, 0) is 0 Å². The second kappa shape index (κ2) is 5.16. The van der Waals surface area contributed by atoms with E-state index in [1.54, 1.807) is 9.80 Å². The first-order chi connectivity index (χ1) is 8.56. The lowest BCUT2D eigenvalue weighted by Crippen LogP contribution is -2.32. The average Bonchev–Trinajstić information content (AvgIpc) is 2.62. The van der Waals surface area contributed by atoms with Gasteiger partial charge in [0.2, 0.25) is 0 Å². The van der Waals surface area contributed by atoms with Crippen LogP contribution in [-0.4, -0.2) is 37.1 Å². The molecule has 0 aromatic heterocycles. The summed E-state index contributed by atoms with van der Waals surface area (Å²) in [6.07, 6.45) is 0.818. The Labute approximate surface area is 112 Å². The number of nitrogens with zero attached hydrogens (tertiary/aromatic N) is 2. The predicted octanol–water partition coefficient (Wildman–Crippen LogP) is 2.24. The quantitative estimate of drug-likeness (QED) is 0.913. The van der Waals surface area contributed by atoms with E-state index in [4.69, 9.17) is 17.3 Å². The van der Waals surface area contributed by atoms with E-state index in [2.05, 4.69) is 0 Å². The summed E-state index contributed by atoms with van der Waals surface area (Å²) in [6.45, 7) is 3.19. The van der Waals surface area contributed by atoms with Crippen LogP contribution in [0.15, 0.2) is 18.2 Å². The third kappa shape index (κ3) is 2.18. The van der Waals surface area contributed by atoms with Gasteiger partial charge in [0, 0.05) is 24.3 Å². The number of hydrogen-bond acceptors (Lipinski definition) is 2. The van der Waals surface area contributed by atoms with Gasteiger partial charge in [0.25, 0.3) is 0 Å². The zero-order chi connectivity index (χ0) is 13.3. The molecule has 1 fully saturated rings. The molecule has 1 aliphatic rings. The van der Waals surface area contributed by atoms with Crippen LogP contribution in [0.25, 0.3) is 0 Å². The minimum atomic E-state index is 0.0128. The van der Waals surface area contributed by atoms with Crippen LogP contribution in [0.1, 0.15) is 12.0 Å². The highest BCUT2D eigenvalue weighted by Gasteiger charge is 2.35. The van der Waals surface area contributed by atoms with Crippen molar-refractivity contribution in [2.75, 3.05) is 25.0 Å². The molecule has 1 aromatic rings. The normalized spacial score (nSPS) is 19.8. The Balaban J connectivity index is 2.29. The van der Waals surface area contributed by atoms with Gasteiger partial charge in [0.1, 0.15) is 0 Å². The first kappa shape index (κ1) is 13.2. The second-order valence-electron chi connectivity index (χ2n) is 4.62. The molecule has 5 heteroatoms. The molecule has 2 amide bonds. The Hall–Kier alpha value is -1.26. The van der Waals surface area contributed by atoms with Crippen LogP contribution >= 0.6 is 11.6 Å². The van der Waals surface area contributed by atoms with Gasteiger partial charge in [-0.15, -0.1) is 0 Å². The fourth-order valence-corrected chi connectivity index (χ4v) is 2.49. The summed E-state index contributed by atoms with van der Waals surface area (Å²) in [5, 5.41) is 0.685. The van der Waals surface area contributed by atoms with Crippen LogP contribution < -0.4 is 10.6 Å².